The van der Waals surface area contributed by atoms with Crippen molar-refractivity contribution in [2.75, 3.05) is 34.7 Å². The average molecular weight is 624 g/mol. The van der Waals surface area contributed by atoms with Gasteiger partial charge in [-0.3, -0.25) is 19.7 Å². The van der Waals surface area contributed by atoms with Crippen molar-refractivity contribution in [3.63, 3.8) is 0 Å². The van der Waals surface area contributed by atoms with Gasteiger partial charge in [0.1, 0.15) is 11.7 Å². The molecule has 12 heteroatoms. The lowest BCUT2D eigenvalue weighted by molar-refractivity contribution is -0.132. The molecule has 12 nitrogen and oxygen atoms in total. The molecule has 0 bridgehead atoms. The SMILES string of the molecule is CN(C)C(=O)c1ccc2c(c1)CCc1cc(C(=O)N(C)C)ccc1C21C[C@](C)(NCC(=O)N2C(C#N)C[C@@H]3C[C@@H]32)n2oc(=O)nc21. The third-order valence-corrected chi connectivity index (χ3v) is 10.3. The number of aromatic nitrogens is 2. The van der Waals surface area contributed by atoms with Crippen LogP contribution in [0, 0.1) is 17.2 Å². The highest BCUT2D eigenvalue weighted by molar-refractivity contribution is 5.95. The molecular formula is C34H37N7O5. The zero-order chi connectivity index (χ0) is 32.7. The highest BCUT2D eigenvalue weighted by Crippen LogP contribution is 2.54. The number of likely N-dealkylation sites (tertiary alicyclic amines) is 1. The van der Waals surface area contributed by atoms with Crippen LogP contribution in [0.25, 0.3) is 0 Å². The standard InChI is InChI=1S/C34H37N7O5/c1-33(36-17-28(42)40-24(16-35)14-23-15-27(23)40)18-34(31-37-32(45)46-41(31)33)25-10-8-21(29(43)38(2)3)12-19(25)6-7-20-13-22(9-11-26(20)34)30(44)39(4)5/h8-13,23-24,27,36H,6-7,14-15,17-18H2,1-5H3/t23-,24?,27+,33-/m1/s1. The Balaban J connectivity index is 1.36. The van der Waals surface area contributed by atoms with Gasteiger partial charge in [-0.15, -0.1) is 0 Å². The summed E-state index contributed by atoms with van der Waals surface area (Å²) < 4.78 is 7.24. The fraction of sp³-hybridized carbons (Fsp3) is 0.471. The van der Waals surface area contributed by atoms with E-state index in [2.05, 4.69) is 16.4 Å². The first kappa shape index (κ1) is 29.9. The molecule has 3 aromatic rings. The van der Waals surface area contributed by atoms with Crippen molar-refractivity contribution in [3.05, 3.63) is 86.2 Å². The van der Waals surface area contributed by atoms with E-state index in [1.807, 2.05) is 31.2 Å². The number of nitrogens with zero attached hydrogens (tertiary/aromatic N) is 6. The van der Waals surface area contributed by atoms with Crippen molar-refractivity contribution in [2.45, 2.75) is 62.2 Å². The highest BCUT2D eigenvalue weighted by Gasteiger charge is 2.58. The van der Waals surface area contributed by atoms with Crippen LogP contribution in [-0.4, -0.2) is 89.0 Å². The molecule has 4 aliphatic rings. The van der Waals surface area contributed by atoms with Gasteiger partial charge in [-0.25, -0.2) is 4.79 Å². The molecule has 2 fully saturated rings. The van der Waals surface area contributed by atoms with Gasteiger partial charge in [-0.05, 0) is 85.0 Å². The maximum absolute atomic E-state index is 13.5. The van der Waals surface area contributed by atoms with Crippen LogP contribution < -0.4 is 11.1 Å². The van der Waals surface area contributed by atoms with Crippen molar-refractivity contribution < 1.29 is 18.9 Å². The van der Waals surface area contributed by atoms with Gasteiger partial charge in [0.2, 0.25) is 5.91 Å². The van der Waals surface area contributed by atoms with Crippen LogP contribution in [0.15, 0.2) is 45.7 Å². The molecule has 1 aromatic heterocycles. The van der Waals surface area contributed by atoms with Crippen molar-refractivity contribution in [2.24, 2.45) is 5.92 Å². The average Bonchev–Trinajstić information content (AvgIpc) is 3.45. The zero-order valence-corrected chi connectivity index (χ0v) is 26.7. The molecule has 238 valence electrons. The number of carbonyl (C=O) groups is 3. The fourth-order valence-electron chi connectivity index (χ4n) is 8.03. The maximum Gasteiger partial charge on any atom is 0.460 e. The molecule has 2 aliphatic carbocycles. The molecule has 1 N–H and O–H groups in total. The van der Waals surface area contributed by atoms with Crippen LogP contribution in [0.1, 0.15) is 75.0 Å². The Morgan fingerprint density at radius 1 is 1.00 bits per heavy atom. The van der Waals surface area contributed by atoms with Crippen LogP contribution in [0.3, 0.4) is 0 Å². The first-order valence-electron chi connectivity index (χ1n) is 15.6. The third kappa shape index (κ3) is 4.40. The number of benzene rings is 2. The highest BCUT2D eigenvalue weighted by atomic mass is 16.5. The number of piperidine rings is 1. The minimum absolute atomic E-state index is 0.0540. The number of amides is 3. The molecule has 2 aromatic carbocycles. The Kier molecular flexibility index (Phi) is 6.76. The second-order valence-electron chi connectivity index (χ2n) is 13.7. The first-order valence-corrected chi connectivity index (χ1v) is 15.6. The van der Waals surface area contributed by atoms with E-state index in [0.29, 0.717) is 48.6 Å². The van der Waals surface area contributed by atoms with E-state index in [-0.39, 0.29) is 30.3 Å². The number of nitriles is 1. The molecular weight excluding hydrogens is 586 g/mol. The summed E-state index contributed by atoms with van der Waals surface area (Å²) in [4.78, 5) is 61.7. The molecule has 0 radical (unpaired) electrons. The molecule has 7 rings (SSSR count). The summed E-state index contributed by atoms with van der Waals surface area (Å²) in [6, 6.07) is 13.3. The summed E-state index contributed by atoms with van der Waals surface area (Å²) in [7, 11) is 6.84. The molecule has 3 amide bonds. The van der Waals surface area contributed by atoms with Crippen molar-refractivity contribution in [1.29, 1.82) is 5.26 Å². The van der Waals surface area contributed by atoms with Gasteiger partial charge in [0, 0.05) is 51.8 Å². The van der Waals surface area contributed by atoms with Crippen LogP contribution in [0.2, 0.25) is 0 Å². The topological polar surface area (TPSA) is 145 Å². The summed E-state index contributed by atoms with van der Waals surface area (Å²) in [6.45, 7) is 1.83. The van der Waals surface area contributed by atoms with Crippen molar-refractivity contribution in [1.82, 2.24) is 29.7 Å². The van der Waals surface area contributed by atoms with E-state index in [1.165, 1.54) is 14.5 Å². The Labute approximate surface area is 266 Å². The predicted octanol–water partition coefficient (Wildman–Crippen LogP) is 1.85. The Morgan fingerprint density at radius 3 is 2.13 bits per heavy atom. The number of carbonyl (C=O) groups excluding carboxylic acids is 3. The first-order chi connectivity index (χ1) is 21.9. The number of hydrogen-bond donors (Lipinski definition) is 1. The smallest absolute Gasteiger partial charge is 0.345 e. The fourth-order valence-corrected chi connectivity index (χ4v) is 8.03. The lowest BCUT2D eigenvalue weighted by Gasteiger charge is -2.34. The third-order valence-electron chi connectivity index (χ3n) is 10.3. The molecule has 4 atom stereocenters. The zero-order valence-electron chi connectivity index (χ0n) is 26.7. The van der Waals surface area contributed by atoms with Gasteiger partial charge >= 0.3 is 5.76 Å². The van der Waals surface area contributed by atoms with E-state index in [1.54, 1.807) is 45.2 Å². The molecule has 2 aliphatic heterocycles. The van der Waals surface area contributed by atoms with Gasteiger partial charge in [0.05, 0.1) is 18.0 Å². The van der Waals surface area contributed by atoms with Gasteiger partial charge in [-0.2, -0.15) is 15.0 Å². The summed E-state index contributed by atoms with van der Waals surface area (Å²) in [6.07, 6.45) is 3.16. The maximum atomic E-state index is 13.5. The molecule has 1 unspecified atom stereocenters. The van der Waals surface area contributed by atoms with E-state index < -0.39 is 22.9 Å². The van der Waals surface area contributed by atoms with Gasteiger partial charge < -0.3 is 19.2 Å². The Morgan fingerprint density at radius 2 is 1.59 bits per heavy atom. The van der Waals surface area contributed by atoms with E-state index in [9.17, 15) is 24.4 Å². The number of hydrogen-bond acceptors (Lipinski definition) is 8. The number of fused-ring (bicyclic) bond motifs is 7. The monoisotopic (exact) mass is 623 g/mol. The number of nitrogens with one attached hydrogen (secondary N) is 1. The lowest BCUT2D eigenvalue weighted by atomic mass is 9.69. The summed E-state index contributed by atoms with van der Waals surface area (Å²) in [5.41, 5.74) is 2.68. The second-order valence-corrected chi connectivity index (χ2v) is 13.7. The minimum Gasteiger partial charge on any atom is -0.345 e. The van der Waals surface area contributed by atoms with E-state index >= 15 is 0 Å². The second kappa shape index (κ2) is 10.4. The van der Waals surface area contributed by atoms with E-state index in [0.717, 1.165) is 28.7 Å². The molecule has 1 saturated heterocycles. The van der Waals surface area contributed by atoms with Crippen LogP contribution in [-0.2, 0) is 28.7 Å². The Hall–Kier alpha value is -4.76. The number of aryl methyl sites for hydroxylation is 2. The largest absolute Gasteiger partial charge is 0.460 e. The van der Waals surface area contributed by atoms with Gasteiger partial charge in [-0.1, -0.05) is 12.1 Å². The number of rotatable bonds is 5. The Bertz CT molecular complexity index is 1830. The predicted molar refractivity (Wildman–Crippen MR) is 166 cm³/mol. The summed E-state index contributed by atoms with van der Waals surface area (Å²) in [5.74, 6) is -0.385. The van der Waals surface area contributed by atoms with Crippen LogP contribution in [0.4, 0.5) is 0 Å². The summed E-state index contributed by atoms with van der Waals surface area (Å²) in [5, 5.41) is 13.1. The van der Waals surface area contributed by atoms with Crippen molar-refractivity contribution >= 4 is 17.7 Å². The lowest BCUT2D eigenvalue weighted by Crippen LogP contribution is -2.50. The molecule has 3 heterocycles. The van der Waals surface area contributed by atoms with Crippen LogP contribution >= 0.6 is 0 Å². The van der Waals surface area contributed by atoms with E-state index in [4.69, 9.17) is 4.52 Å². The minimum atomic E-state index is -1.05. The van der Waals surface area contributed by atoms with Crippen molar-refractivity contribution in [3.8, 4) is 6.07 Å². The van der Waals surface area contributed by atoms with Gasteiger partial charge in [0.25, 0.3) is 11.8 Å². The molecule has 1 saturated carbocycles. The molecule has 46 heavy (non-hydrogen) atoms. The summed E-state index contributed by atoms with van der Waals surface area (Å²) >= 11 is 0. The normalized spacial score (nSPS) is 24.7. The van der Waals surface area contributed by atoms with Crippen LogP contribution in [0.5, 0.6) is 0 Å². The van der Waals surface area contributed by atoms with Gasteiger partial charge in [0.15, 0.2) is 5.82 Å². The quantitative estimate of drug-likeness (QED) is 0.454. The molecule has 1 spiro atoms.